The molecule has 0 N–H and O–H groups in total. The summed E-state index contributed by atoms with van der Waals surface area (Å²) in [5.74, 6) is 0. The number of aryl methyl sites for hydroxylation is 3. The summed E-state index contributed by atoms with van der Waals surface area (Å²) in [4.78, 5) is 0. The second-order valence-electron chi connectivity index (χ2n) is 5.13. The molecule has 1 unspecified atom stereocenters. The number of rotatable bonds is 5. The first-order valence-electron chi connectivity index (χ1n) is 6.87. The minimum Gasteiger partial charge on any atom is -0.327 e. The normalized spacial score (nSPS) is 12.3. The van der Waals surface area contributed by atoms with Crippen molar-refractivity contribution in [3.8, 4) is 0 Å². The second-order valence-corrected chi connectivity index (χ2v) is 6.57. The molecule has 0 aliphatic rings. The molecule has 20 heavy (non-hydrogen) atoms. The summed E-state index contributed by atoms with van der Waals surface area (Å²) in [6, 6.07) is 13.8. The minimum absolute atomic E-state index is 0.497. The van der Waals surface area contributed by atoms with Crippen LogP contribution in [0.1, 0.15) is 22.3 Å². The molecule has 0 amide bonds. The zero-order chi connectivity index (χ0) is 14.5. The van der Waals surface area contributed by atoms with E-state index >= 15 is 0 Å². The van der Waals surface area contributed by atoms with Crippen molar-refractivity contribution in [2.24, 2.45) is 0 Å². The van der Waals surface area contributed by atoms with Crippen LogP contribution in [0.15, 0.2) is 42.5 Å². The standard InChI is InChI=1S/C17H21O2P/c1-13-11-14(2)17(15(3)12-13)9-10-19-20(18)16-7-5-4-6-8-16/h4-8,11-12,20H,9-10H2,1-3H3. The molecule has 2 nitrogen and oxygen atoms in total. The highest BCUT2D eigenvalue weighted by atomic mass is 31.1. The van der Waals surface area contributed by atoms with Crippen molar-refractivity contribution < 1.29 is 9.09 Å². The lowest BCUT2D eigenvalue weighted by Gasteiger charge is -2.11. The van der Waals surface area contributed by atoms with Gasteiger partial charge in [0, 0.05) is 5.30 Å². The second kappa shape index (κ2) is 6.88. The Morgan fingerprint density at radius 2 is 1.60 bits per heavy atom. The molecule has 0 aromatic heterocycles. The van der Waals surface area contributed by atoms with Crippen LogP contribution in [0.5, 0.6) is 0 Å². The predicted octanol–water partition coefficient (Wildman–Crippen LogP) is 3.97. The maximum absolute atomic E-state index is 12.0. The first-order chi connectivity index (χ1) is 9.58. The average molecular weight is 288 g/mol. The Morgan fingerprint density at radius 1 is 1.00 bits per heavy atom. The first-order valence-corrected chi connectivity index (χ1v) is 8.18. The smallest absolute Gasteiger partial charge is 0.220 e. The molecule has 0 fully saturated rings. The van der Waals surface area contributed by atoms with E-state index in [9.17, 15) is 4.57 Å². The monoisotopic (exact) mass is 288 g/mol. The van der Waals surface area contributed by atoms with Gasteiger partial charge < -0.3 is 4.52 Å². The van der Waals surface area contributed by atoms with Crippen LogP contribution in [0, 0.1) is 20.8 Å². The molecule has 0 heterocycles. The highest BCUT2D eigenvalue weighted by Crippen LogP contribution is 2.23. The van der Waals surface area contributed by atoms with Gasteiger partial charge in [-0.1, -0.05) is 35.9 Å². The highest BCUT2D eigenvalue weighted by Gasteiger charge is 2.06. The predicted molar refractivity (Wildman–Crippen MR) is 85.4 cm³/mol. The van der Waals surface area contributed by atoms with Gasteiger partial charge in [0.25, 0.3) is 0 Å². The fraction of sp³-hybridized carbons (Fsp3) is 0.294. The number of hydrogen-bond acceptors (Lipinski definition) is 2. The lowest BCUT2D eigenvalue weighted by Crippen LogP contribution is -2.03. The molecule has 0 bridgehead atoms. The summed E-state index contributed by atoms with van der Waals surface area (Å²) in [5.41, 5.74) is 5.15. The molecule has 2 aromatic carbocycles. The molecule has 2 aromatic rings. The van der Waals surface area contributed by atoms with Crippen LogP contribution < -0.4 is 5.30 Å². The van der Waals surface area contributed by atoms with E-state index in [1.54, 1.807) is 0 Å². The Morgan fingerprint density at radius 3 is 2.20 bits per heavy atom. The zero-order valence-corrected chi connectivity index (χ0v) is 13.3. The van der Waals surface area contributed by atoms with E-state index in [0.29, 0.717) is 6.61 Å². The third kappa shape index (κ3) is 3.82. The van der Waals surface area contributed by atoms with Gasteiger partial charge in [-0.05, 0) is 56.0 Å². The van der Waals surface area contributed by atoms with E-state index in [4.69, 9.17) is 4.52 Å². The van der Waals surface area contributed by atoms with Crippen LogP contribution >= 0.6 is 8.03 Å². The molecule has 0 aliphatic heterocycles. The SMILES string of the molecule is Cc1cc(C)c(CCO[PH](=O)c2ccccc2)c(C)c1. The van der Waals surface area contributed by atoms with E-state index in [1.807, 2.05) is 30.3 Å². The van der Waals surface area contributed by atoms with Crippen molar-refractivity contribution in [3.63, 3.8) is 0 Å². The van der Waals surface area contributed by atoms with Crippen LogP contribution in [0.4, 0.5) is 0 Å². The van der Waals surface area contributed by atoms with Gasteiger partial charge in [-0.3, -0.25) is 4.57 Å². The van der Waals surface area contributed by atoms with Gasteiger partial charge in [0.1, 0.15) is 0 Å². The molecule has 2 rings (SSSR count). The van der Waals surface area contributed by atoms with Gasteiger partial charge in [0.05, 0.1) is 6.61 Å². The Hall–Kier alpha value is -1.37. The number of hydrogen-bond donors (Lipinski definition) is 0. The Kier molecular flexibility index (Phi) is 5.17. The summed E-state index contributed by atoms with van der Waals surface area (Å²) in [5, 5.41) is 0.787. The fourth-order valence-electron chi connectivity index (χ4n) is 2.51. The summed E-state index contributed by atoms with van der Waals surface area (Å²) >= 11 is 0. The maximum atomic E-state index is 12.0. The van der Waals surface area contributed by atoms with E-state index in [-0.39, 0.29) is 0 Å². The first kappa shape index (κ1) is 15.0. The van der Waals surface area contributed by atoms with Crippen LogP contribution in [-0.2, 0) is 15.5 Å². The van der Waals surface area contributed by atoms with Gasteiger partial charge in [-0.15, -0.1) is 0 Å². The molecule has 0 radical (unpaired) electrons. The van der Waals surface area contributed by atoms with Gasteiger partial charge in [0.15, 0.2) is 0 Å². The molecule has 3 heteroatoms. The molecular weight excluding hydrogens is 267 g/mol. The van der Waals surface area contributed by atoms with Crippen molar-refractivity contribution in [3.05, 3.63) is 64.7 Å². The Labute approximate surface area is 121 Å². The van der Waals surface area contributed by atoms with Crippen molar-refractivity contribution >= 4 is 13.3 Å². The van der Waals surface area contributed by atoms with Gasteiger partial charge in [-0.2, -0.15) is 0 Å². The molecule has 0 saturated carbocycles. The van der Waals surface area contributed by atoms with E-state index in [1.165, 1.54) is 22.3 Å². The van der Waals surface area contributed by atoms with E-state index in [0.717, 1.165) is 11.7 Å². The van der Waals surface area contributed by atoms with Crippen LogP contribution in [-0.4, -0.2) is 6.61 Å². The molecule has 0 aliphatic carbocycles. The van der Waals surface area contributed by atoms with Gasteiger partial charge in [0.2, 0.25) is 8.03 Å². The fourth-order valence-corrected chi connectivity index (χ4v) is 3.43. The largest absolute Gasteiger partial charge is 0.327 e. The number of benzene rings is 2. The highest BCUT2D eigenvalue weighted by molar-refractivity contribution is 7.48. The van der Waals surface area contributed by atoms with Crippen molar-refractivity contribution in [2.45, 2.75) is 27.2 Å². The maximum Gasteiger partial charge on any atom is 0.220 e. The lowest BCUT2D eigenvalue weighted by atomic mass is 9.98. The topological polar surface area (TPSA) is 26.3 Å². The zero-order valence-electron chi connectivity index (χ0n) is 12.3. The molecule has 0 spiro atoms. The molecular formula is C17H21O2P. The average Bonchev–Trinajstić information content (AvgIpc) is 2.42. The summed E-state index contributed by atoms with van der Waals surface area (Å²) in [7, 11) is -2.12. The van der Waals surface area contributed by atoms with Crippen molar-refractivity contribution in [1.29, 1.82) is 0 Å². The molecule has 1 atom stereocenters. The third-order valence-electron chi connectivity index (χ3n) is 3.44. The van der Waals surface area contributed by atoms with E-state index < -0.39 is 8.03 Å². The lowest BCUT2D eigenvalue weighted by molar-refractivity contribution is 0.339. The summed E-state index contributed by atoms with van der Waals surface area (Å²) in [6.07, 6.45) is 0.807. The van der Waals surface area contributed by atoms with Crippen LogP contribution in [0.25, 0.3) is 0 Å². The molecule has 106 valence electrons. The van der Waals surface area contributed by atoms with Gasteiger partial charge >= 0.3 is 0 Å². The van der Waals surface area contributed by atoms with E-state index in [2.05, 4.69) is 32.9 Å². The molecule has 0 saturated heterocycles. The Bertz CT molecular complexity index is 583. The van der Waals surface area contributed by atoms with Crippen molar-refractivity contribution in [1.82, 2.24) is 0 Å². The van der Waals surface area contributed by atoms with Crippen molar-refractivity contribution in [2.75, 3.05) is 6.61 Å². The Balaban J connectivity index is 1.95. The summed E-state index contributed by atoms with van der Waals surface area (Å²) < 4.78 is 17.5. The van der Waals surface area contributed by atoms with Gasteiger partial charge in [-0.25, -0.2) is 0 Å². The van der Waals surface area contributed by atoms with Crippen LogP contribution in [0.3, 0.4) is 0 Å². The third-order valence-corrected chi connectivity index (χ3v) is 4.71. The quantitative estimate of drug-likeness (QED) is 0.778. The summed E-state index contributed by atoms with van der Waals surface area (Å²) in [6.45, 7) is 6.84. The minimum atomic E-state index is -2.12. The van der Waals surface area contributed by atoms with Crippen LogP contribution in [0.2, 0.25) is 0 Å².